The first-order valence-electron chi connectivity index (χ1n) is 5.29. The molecule has 1 aromatic rings. The lowest BCUT2D eigenvalue weighted by Gasteiger charge is -2.11. The van der Waals surface area contributed by atoms with Crippen LogP contribution in [0.3, 0.4) is 0 Å². The van der Waals surface area contributed by atoms with Crippen molar-refractivity contribution in [1.82, 2.24) is 0 Å². The summed E-state index contributed by atoms with van der Waals surface area (Å²) in [4.78, 5) is 0. The maximum absolute atomic E-state index is 11.9. The van der Waals surface area contributed by atoms with Crippen LogP contribution in [0.5, 0.6) is 0 Å². The summed E-state index contributed by atoms with van der Waals surface area (Å²) in [7, 11) is 0. The van der Waals surface area contributed by atoms with E-state index in [1.54, 1.807) is 45.0 Å². The average molecular weight is 254 g/mol. The predicted octanol–water partition coefficient (Wildman–Crippen LogP) is 2.25. The molecule has 4 nitrogen and oxygen atoms in total. The second-order valence-corrected chi connectivity index (χ2v) is 4.98. The molecule has 90 valence electrons. The zero-order valence-corrected chi connectivity index (χ0v) is 10.7. The van der Waals surface area contributed by atoms with Gasteiger partial charge in [0.2, 0.25) is 0 Å². The second-order valence-electron chi connectivity index (χ2n) is 4.54. The van der Waals surface area contributed by atoms with E-state index in [-0.39, 0.29) is 0 Å². The normalized spacial score (nSPS) is 19.1. The summed E-state index contributed by atoms with van der Waals surface area (Å²) >= 11 is 5.81. The molecule has 0 saturated carbocycles. The van der Waals surface area contributed by atoms with Crippen LogP contribution in [-0.2, 0) is 0 Å². The van der Waals surface area contributed by atoms with Crippen LogP contribution in [0.4, 0.5) is 0 Å². The Morgan fingerprint density at radius 1 is 1.24 bits per heavy atom. The largest absolute Gasteiger partial charge is 0.618 e. The van der Waals surface area contributed by atoms with Crippen molar-refractivity contribution in [2.24, 2.45) is 0 Å². The van der Waals surface area contributed by atoms with Gasteiger partial charge < -0.3 is 5.21 Å². The van der Waals surface area contributed by atoms with Crippen molar-refractivity contribution in [1.29, 1.82) is 0 Å². The zero-order chi connectivity index (χ0) is 12.8. The molecule has 1 N–H and O–H groups in total. The second kappa shape index (κ2) is 3.74. The van der Waals surface area contributed by atoms with E-state index in [4.69, 9.17) is 11.6 Å². The lowest BCUT2D eigenvalue weighted by molar-refractivity contribution is -0.915. The maximum atomic E-state index is 11.9. The van der Waals surface area contributed by atoms with Crippen LogP contribution in [0.25, 0.3) is 0 Å². The van der Waals surface area contributed by atoms with E-state index < -0.39 is 5.66 Å². The van der Waals surface area contributed by atoms with Crippen LogP contribution in [0.2, 0.25) is 5.02 Å². The van der Waals surface area contributed by atoms with Crippen molar-refractivity contribution in [2.45, 2.75) is 26.4 Å². The molecule has 0 saturated heterocycles. The smallest absolute Gasteiger partial charge is 0.401 e. The maximum Gasteiger partial charge on any atom is 0.401 e. The quantitative estimate of drug-likeness (QED) is 0.474. The molecule has 1 aliphatic rings. The van der Waals surface area contributed by atoms with E-state index in [2.05, 4.69) is 0 Å². The third-order valence-electron chi connectivity index (χ3n) is 2.99. The molecule has 1 heterocycles. The van der Waals surface area contributed by atoms with Crippen LogP contribution < -0.4 is 0 Å². The van der Waals surface area contributed by atoms with Gasteiger partial charge in [0.05, 0.1) is 24.1 Å². The highest BCUT2D eigenvalue weighted by Gasteiger charge is 2.52. The summed E-state index contributed by atoms with van der Waals surface area (Å²) < 4.78 is 1.80. The number of rotatable bonds is 1. The molecule has 1 aromatic carbocycles. The minimum absolute atomic E-state index is 0.486. The van der Waals surface area contributed by atoms with Crippen molar-refractivity contribution in [3.63, 3.8) is 0 Å². The van der Waals surface area contributed by atoms with E-state index in [0.717, 1.165) is 15.0 Å². The van der Waals surface area contributed by atoms with Crippen LogP contribution in [0.15, 0.2) is 24.3 Å². The molecule has 0 bridgehead atoms. The summed E-state index contributed by atoms with van der Waals surface area (Å²) in [6, 6.07) is 7.01. The molecule has 0 fully saturated rings. The fraction of sp³-hybridized carbons (Fsp3) is 0.333. The number of nitrogens with zero attached hydrogens (tertiary/aromatic N) is 2. The van der Waals surface area contributed by atoms with Crippen LogP contribution in [0.1, 0.15) is 26.3 Å². The fourth-order valence-corrected chi connectivity index (χ4v) is 2.08. The zero-order valence-electron chi connectivity index (χ0n) is 9.94. The fourth-order valence-electron chi connectivity index (χ4n) is 1.96. The topological polar surface area (TPSA) is 49.3 Å². The molecule has 2 rings (SSSR count). The molecule has 1 aliphatic heterocycles. The van der Waals surface area contributed by atoms with E-state index in [0.29, 0.717) is 16.4 Å². The first-order chi connectivity index (χ1) is 7.85. The van der Waals surface area contributed by atoms with Gasteiger partial charge in [-0.15, -0.1) is 4.74 Å². The molecule has 0 unspecified atom stereocenters. The molecular formula is C12H14ClN2O2+. The lowest BCUT2D eigenvalue weighted by Crippen LogP contribution is -2.40. The first kappa shape index (κ1) is 11.9. The van der Waals surface area contributed by atoms with Gasteiger partial charge in [-0.25, -0.2) is 0 Å². The highest BCUT2D eigenvalue weighted by Crippen LogP contribution is 2.20. The van der Waals surface area contributed by atoms with Gasteiger partial charge in [-0.3, -0.25) is 5.21 Å². The lowest BCUT2D eigenvalue weighted by atomic mass is 10.1. The van der Waals surface area contributed by atoms with Gasteiger partial charge in [0.25, 0.3) is 5.71 Å². The van der Waals surface area contributed by atoms with Crippen molar-refractivity contribution in [3.05, 3.63) is 40.1 Å². The molecule has 0 amide bonds. The Labute approximate surface area is 105 Å². The number of hydrogen-bond donors (Lipinski definition) is 1. The molecule has 0 spiro atoms. The monoisotopic (exact) mass is 253 g/mol. The third-order valence-corrected chi connectivity index (χ3v) is 3.24. The summed E-state index contributed by atoms with van der Waals surface area (Å²) in [5.74, 6) is 0. The van der Waals surface area contributed by atoms with Crippen molar-refractivity contribution in [2.75, 3.05) is 0 Å². The number of hydroxylamine groups is 2. The van der Waals surface area contributed by atoms with E-state index in [1.807, 2.05) is 0 Å². The SMILES string of the molecule is CC1=[N+]([O-])C(C)(C)[N+](O)=C1c1ccc(Cl)cc1. The minimum atomic E-state index is -0.987. The number of halogens is 1. The summed E-state index contributed by atoms with van der Waals surface area (Å²) in [6.45, 7) is 5.01. The molecule has 0 aliphatic carbocycles. The van der Waals surface area contributed by atoms with Gasteiger partial charge in [-0.1, -0.05) is 11.6 Å². The minimum Gasteiger partial charge on any atom is -0.618 e. The Bertz CT molecular complexity index is 530. The van der Waals surface area contributed by atoms with Crippen LogP contribution in [-0.4, -0.2) is 31.8 Å². The Morgan fingerprint density at radius 3 is 2.18 bits per heavy atom. The molecule has 17 heavy (non-hydrogen) atoms. The van der Waals surface area contributed by atoms with E-state index >= 15 is 0 Å². The molecular weight excluding hydrogens is 240 g/mol. The van der Waals surface area contributed by atoms with E-state index in [1.165, 1.54) is 0 Å². The summed E-state index contributed by atoms with van der Waals surface area (Å²) in [6.07, 6.45) is 0. The number of benzene rings is 1. The molecule has 0 radical (unpaired) electrons. The van der Waals surface area contributed by atoms with Crippen LogP contribution in [0, 0.1) is 5.21 Å². The molecule has 0 atom stereocenters. The summed E-state index contributed by atoms with van der Waals surface area (Å²) in [5, 5.41) is 22.6. The highest BCUT2D eigenvalue weighted by molar-refractivity contribution is 6.44. The van der Waals surface area contributed by atoms with Gasteiger partial charge in [0, 0.05) is 11.9 Å². The highest BCUT2D eigenvalue weighted by atomic mass is 35.5. The van der Waals surface area contributed by atoms with Crippen molar-refractivity contribution < 1.29 is 14.7 Å². The number of hydrogen-bond acceptors (Lipinski definition) is 2. The van der Waals surface area contributed by atoms with Gasteiger partial charge in [0.15, 0.2) is 0 Å². The van der Waals surface area contributed by atoms with Gasteiger partial charge in [0.1, 0.15) is 0 Å². The van der Waals surface area contributed by atoms with Crippen molar-refractivity contribution >= 4 is 23.0 Å². The van der Waals surface area contributed by atoms with Gasteiger partial charge in [-0.05, 0) is 24.3 Å². The third kappa shape index (κ3) is 1.69. The average Bonchev–Trinajstić information content (AvgIpc) is 2.43. The predicted molar refractivity (Wildman–Crippen MR) is 66.0 cm³/mol. The van der Waals surface area contributed by atoms with E-state index in [9.17, 15) is 10.4 Å². The molecule has 5 heteroatoms. The van der Waals surface area contributed by atoms with Gasteiger partial charge in [-0.2, -0.15) is 0 Å². The molecule has 0 aromatic heterocycles. The first-order valence-corrected chi connectivity index (χ1v) is 5.67. The summed E-state index contributed by atoms with van der Waals surface area (Å²) in [5.41, 5.74) is 0.779. The standard InChI is InChI=1S/C12H14ClN2O2/c1-8-11(9-4-6-10(13)7-5-9)15(17)12(2,3)14(8)16/h4-7,17H,1-3H3/q+1. The van der Waals surface area contributed by atoms with Gasteiger partial charge >= 0.3 is 11.4 Å². The Kier molecular flexibility index (Phi) is 2.62. The Hall–Kier alpha value is -1.55. The van der Waals surface area contributed by atoms with Crippen molar-refractivity contribution in [3.8, 4) is 0 Å². The Morgan fingerprint density at radius 2 is 1.76 bits per heavy atom. The van der Waals surface area contributed by atoms with Crippen LogP contribution >= 0.6 is 11.6 Å². The Balaban J connectivity index is 2.60.